The number of aliphatic hydroxyl groups is 1. The number of likely N-dealkylation sites (tertiary alicyclic amines) is 1. The largest absolute Gasteiger partial charge is 0.388 e. The third kappa shape index (κ3) is 3.90. The molecule has 2 aromatic heterocycles. The van der Waals surface area contributed by atoms with Crippen molar-refractivity contribution < 1.29 is 9.90 Å². The Balaban J connectivity index is 1.37. The highest BCUT2D eigenvalue weighted by Crippen LogP contribution is 2.33. The van der Waals surface area contributed by atoms with Crippen molar-refractivity contribution in [2.24, 2.45) is 5.92 Å². The summed E-state index contributed by atoms with van der Waals surface area (Å²) in [6.45, 7) is 1.16. The van der Waals surface area contributed by atoms with Gasteiger partial charge in [0.1, 0.15) is 11.7 Å². The molecule has 0 atom stereocenters. The molecular weight excluding hydrogens is 486 g/mol. The van der Waals surface area contributed by atoms with Gasteiger partial charge in [0.2, 0.25) is 5.91 Å². The molecule has 1 saturated carbocycles. The monoisotopic (exact) mass is 505 g/mol. The van der Waals surface area contributed by atoms with Crippen LogP contribution in [0.15, 0.2) is 40.0 Å². The van der Waals surface area contributed by atoms with Crippen molar-refractivity contribution in [3.63, 3.8) is 0 Å². The number of nitrogens with zero attached hydrogens (tertiary/aromatic N) is 5. The van der Waals surface area contributed by atoms with Crippen LogP contribution in [0.4, 0.5) is 0 Å². The van der Waals surface area contributed by atoms with Gasteiger partial charge in [-0.25, -0.2) is 9.67 Å². The zero-order chi connectivity index (χ0) is 21.8. The van der Waals surface area contributed by atoms with Gasteiger partial charge in [-0.1, -0.05) is 11.6 Å². The number of carbonyl (C=O) groups is 1. The van der Waals surface area contributed by atoms with Gasteiger partial charge in [-0.2, -0.15) is 5.10 Å². The van der Waals surface area contributed by atoms with E-state index < -0.39 is 5.60 Å². The average Bonchev–Trinajstić information content (AvgIpc) is 3.51. The summed E-state index contributed by atoms with van der Waals surface area (Å²) in [5.74, 6) is 0.377. The second-order valence-corrected chi connectivity index (χ2v) is 9.66. The highest BCUT2D eigenvalue weighted by atomic mass is 79.9. The van der Waals surface area contributed by atoms with Crippen LogP contribution in [0.5, 0.6) is 0 Å². The van der Waals surface area contributed by atoms with E-state index >= 15 is 0 Å². The molecule has 0 unspecified atom stereocenters. The van der Waals surface area contributed by atoms with E-state index in [1.165, 1.54) is 17.1 Å². The summed E-state index contributed by atoms with van der Waals surface area (Å²) in [7, 11) is 0. The van der Waals surface area contributed by atoms with Crippen LogP contribution in [-0.4, -0.2) is 53.9 Å². The molecule has 10 heteroatoms. The lowest BCUT2D eigenvalue weighted by Crippen LogP contribution is -2.50. The Kier molecular flexibility index (Phi) is 5.15. The number of carbonyl (C=O) groups excluding carboxylic acids is 1. The van der Waals surface area contributed by atoms with Gasteiger partial charge in [-0.05, 0) is 59.8 Å². The topological polar surface area (TPSA) is 93.2 Å². The molecule has 2 aliphatic rings. The number of hydrogen-bond donors (Lipinski definition) is 1. The molecule has 1 saturated heterocycles. The smallest absolute Gasteiger partial charge is 0.264 e. The molecule has 0 spiro atoms. The molecule has 1 aliphatic heterocycles. The van der Waals surface area contributed by atoms with Gasteiger partial charge in [-0.3, -0.25) is 14.2 Å². The zero-order valence-corrected chi connectivity index (χ0v) is 19.0. The number of halogens is 2. The standard InChI is InChI=1S/C21H21BrClN5O3/c22-16-9-14(3-4-17(16)23)28-18-15(10-25-28)20(30)27(12-24-18)11-21(31)5-7-26(8-6-21)19(29)13-1-2-13/h3-4,9-10,12-13,31H,1-2,5-8,11H2. The second kappa shape index (κ2) is 7.72. The van der Waals surface area contributed by atoms with Gasteiger partial charge in [0.25, 0.3) is 5.56 Å². The summed E-state index contributed by atoms with van der Waals surface area (Å²) in [5, 5.41) is 16.3. The molecule has 0 bridgehead atoms. The van der Waals surface area contributed by atoms with Crippen molar-refractivity contribution in [3.8, 4) is 5.69 Å². The molecule has 3 aromatic rings. The van der Waals surface area contributed by atoms with Crippen molar-refractivity contribution in [1.82, 2.24) is 24.2 Å². The van der Waals surface area contributed by atoms with Gasteiger partial charge in [-0.15, -0.1) is 0 Å². The summed E-state index contributed by atoms with van der Waals surface area (Å²) in [6.07, 6.45) is 5.77. The number of piperidine rings is 1. The van der Waals surface area contributed by atoms with Gasteiger partial charge in [0, 0.05) is 23.5 Å². The molecule has 0 radical (unpaired) electrons. The third-order valence-electron chi connectivity index (χ3n) is 6.10. The van der Waals surface area contributed by atoms with Crippen molar-refractivity contribution in [1.29, 1.82) is 0 Å². The van der Waals surface area contributed by atoms with Gasteiger partial charge >= 0.3 is 0 Å². The van der Waals surface area contributed by atoms with E-state index in [1.807, 2.05) is 4.90 Å². The van der Waals surface area contributed by atoms with E-state index in [-0.39, 0.29) is 23.9 Å². The van der Waals surface area contributed by atoms with Gasteiger partial charge in [0.05, 0.1) is 29.1 Å². The van der Waals surface area contributed by atoms with Crippen LogP contribution in [0.3, 0.4) is 0 Å². The lowest BCUT2D eigenvalue weighted by atomic mass is 9.91. The first kappa shape index (κ1) is 20.7. The number of rotatable bonds is 4. The van der Waals surface area contributed by atoms with E-state index in [1.54, 1.807) is 22.9 Å². The molecule has 1 aliphatic carbocycles. The summed E-state index contributed by atoms with van der Waals surface area (Å²) < 4.78 is 3.74. The van der Waals surface area contributed by atoms with Crippen molar-refractivity contribution in [2.75, 3.05) is 13.1 Å². The van der Waals surface area contributed by atoms with Crippen LogP contribution in [0, 0.1) is 5.92 Å². The van der Waals surface area contributed by atoms with Crippen LogP contribution in [0.25, 0.3) is 16.7 Å². The minimum Gasteiger partial charge on any atom is -0.388 e. The number of hydrogen-bond acceptors (Lipinski definition) is 5. The molecule has 162 valence electrons. The fourth-order valence-electron chi connectivity index (χ4n) is 4.07. The fraction of sp³-hybridized carbons (Fsp3) is 0.429. The Morgan fingerprint density at radius 2 is 2.03 bits per heavy atom. The average molecular weight is 507 g/mol. The molecule has 1 amide bonds. The summed E-state index contributed by atoms with van der Waals surface area (Å²) >= 11 is 9.46. The predicted octanol–water partition coefficient (Wildman–Crippen LogP) is 2.76. The quantitative estimate of drug-likeness (QED) is 0.587. The Morgan fingerprint density at radius 1 is 1.29 bits per heavy atom. The zero-order valence-electron chi connectivity index (χ0n) is 16.7. The molecule has 1 N–H and O–H groups in total. The molecule has 1 aromatic carbocycles. The predicted molar refractivity (Wildman–Crippen MR) is 119 cm³/mol. The highest BCUT2D eigenvalue weighted by molar-refractivity contribution is 9.10. The molecule has 2 fully saturated rings. The first-order chi connectivity index (χ1) is 14.8. The second-order valence-electron chi connectivity index (χ2n) is 8.39. The lowest BCUT2D eigenvalue weighted by molar-refractivity contribution is -0.137. The third-order valence-corrected chi connectivity index (χ3v) is 7.31. The van der Waals surface area contributed by atoms with E-state index in [9.17, 15) is 14.7 Å². The van der Waals surface area contributed by atoms with Gasteiger partial charge in [0.15, 0.2) is 5.65 Å². The molecular formula is C21H21BrClN5O3. The van der Waals surface area contributed by atoms with E-state index in [4.69, 9.17) is 11.6 Å². The minimum absolute atomic E-state index is 0.137. The SMILES string of the molecule is O=C(C1CC1)N1CCC(O)(Cn2cnc3c(cnn3-c3ccc(Cl)c(Br)c3)c2=O)CC1. The van der Waals surface area contributed by atoms with E-state index in [2.05, 4.69) is 26.0 Å². The highest BCUT2D eigenvalue weighted by Gasteiger charge is 2.39. The Bertz CT molecular complexity index is 1230. The number of aromatic nitrogens is 4. The maximum atomic E-state index is 13.0. The first-order valence-electron chi connectivity index (χ1n) is 10.2. The van der Waals surface area contributed by atoms with Crippen molar-refractivity contribution in [2.45, 2.75) is 37.8 Å². The Labute approximate surface area is 191 Å². The fourth-order valence-corrected chi connectivity index (χ4v) is 4.56. The first-order valence-corrected chi connectivity index (χ1v) is 11.4. The molecule has 3 heterocycles. The summed E-state index contributed by atoms with van der Waals surface area (Å²) in [6, 6.07) is 5.35. The maximum absolute atomic E-state index is 13.0. The van der Waals surface area contributed by atoms with Crippen molar-refractivity contribution in [3.05, 3.63) is 50.6 Å². The number of amides is 1. The van der Waals surface area contributed by atoms with Crippen LogP contribution in [0.1, 0.15) is 25.7 Å². The number of benzene rings is 1. The van der Waals surface area contributed by atoms with Crippen LogP contribution in [0.2, 0.25) is 5.02 Å². The minimum atomic E-state index is -1.05. The summed E-state index contributed by atoms with van der Waals surface area (Å²) in [5.41, 5.74) is -0.139. The van der Waals surface area contributed by atoms with Gasteiger partial charge < -0.3 is 10.0 Å². The normalized spacial score (nSPS) is 18.5. The lowest BCUT2D eigenvalue weighted by Gasteiger charge is -2.38. The van der Waals surface area contributed by atoms with Crippen molar-refractivity contribution >= 4 is 44.5 Å². The number of fused-ring (bicyclic) bond motifs is 1. The van der Waals surface area contributed by atoms with Crippen LogP contribution >= 0.6 is 27.5 Å². The van der Waals surface area contributed by atoms with E-state index in [0.29, 0.717) is 42.0 Å². The molecule has 5 rings (SSSR count). The Hall–Kier alpha value is -2.23. The van der Waals surface area contributed by atoms with E-state index in [0.717, 1.165) is 23.0 Å². The molecule has 31 heavy (non-hydrogen) atoms. The maximum Gasteiger partial charge on any atom is 0.264 e. The molecule has 8 nitrogen and oxygen atoms in total. The van der Waals surface area contributed by atoms with Crippen LogP contribution < -0.4 is 5.56 Å². The summed E-state index contributed by atoms with van der Waals surface area (Å²) in [4.78, 5) is 31.6. The van der Waals surface area contributed by atoms with Crippen LogP contribution in [-0.2, 0) is 11.3 Å². The Morgan fingerprint density at radius 3 is 2.71 bits per heavy atom.